The van der Waals surface area contributed by atoms with E-state index >= 15 is 0 Å². The number of nitrogens with zero attached hydrogens (tertiary/aromatic N) is 2. The van der Waals surface area contributed by atoms with Gasteiger partial charge in [-0.05, 0) is 66.6 Å². The third kappa shape index (κ3) is 5.56. The van der Waals surface area contributed by atoms with Gasteiger partial charge in [0.2, 0.25) is 11.8 Å². The van der Waals surface area contributed by atoms with Crippen LogP contribution in [0.5, 0.6) is 0 Å². The molecule has 2 aromatic carbocycles. The van der Waals surface area contributed by atoms with Crippen molar-refractivity contribution in [2.75, 3.05) is 26.2 Å². The summed E-state index contributed by atoms with van der Waals surface area (Å²) in [5.74, 6) is 9.35. The molecule has 0 aliphatic carbocycles. The van der Waals surface area contributed by atoms with E-state index in [1.165, 1.54) is 6.42 Å². The quantitative estimate of drug-likeness (QED) is 0.602. The molecule has 4 rings (SSSR count). The van der Waals surface area contributed by atoms with Crippen LogP contribution in [0, 0.1) is 5.92 Å². The van der Waals surface area contributed by atoms with Gasteiger partial charge in [-0.15, -0.1) is 9.39 Å². The number of halogens is 1. The van der Waals surface area contributed by atoms with Crippen LogP contribution in [-0.2, 0) is 9.59 Å². The molecule has 0 aromatic heterocycles. The zero-order valence-electron chi connectivity index (χ0n) is 19.4. The zero-order valence-corrected chi connectivity index (χ0v) is 21.0. The second-order valence-corrected chi connectivity index (χ2v) is 12.3. The topological polar surface area (TPSA) is 52.7 Å². The maximum absolute atomic E-state index is 13.3. The van der Waals surface area contributed by atoms with Gasteiger partial charge in [-0.3, -0.25) is 14.3 Å². The third-order valence-electron chi connectivity index (χ3n) is 6.90. The van der Waals surface area contributed by atoms with Crippen LogP contribution in [0.15, 0.2) is 41.3 Å². The van der Waals surface area contributed by atoms with E-state index in [1.807, 2.05) is 35.2 Å². The average molecular weight is 488 g/mol. The molecular weight excluding hydrogens is 454 g/mol. The molecular formula is C26H34ClN3O2S. The van der Waals surface area contributed by atoms with Gasteiger partial charge in [-0.2, -0.15) is 0 Å². The summed E-state index contributed by atoms with van der Waals surface area (Å²) in [5, 5.41) is 2.83. The van der Waals surface area contributed by atoms with Crippen LogP contribution in [0.4, 0.5) is 0 Å². The van der Waals surface area contributed by atoms with E-state index in [2.05, 4.69) is 29.5 Å². The minimum atomic E-state index is -1.90. The Bertz CT molecular complexity index is 1150. The summed E-state index contributed by atoms with van der Waals surface area (Å²) in [5.41, 5.74) is 0. The van der Waals surface area contributed by atoms with E-state index in [9.17, 15) is 9.59 Å². The minimum absolute atomic E-state index is 0.0182. The standard InChI is InChI=1S/C26H34ClN3O2S/c1-4-19-7-5-13-29(17-19)25(31)18-30-14-6-8-24(26(30)32)28-33(2,3)23-12-10-20-15-22(27)11-9-21(20)16-23/h9-12,15-16,19,24,28H,2-8,13-14,17-18H2,1H3/t19?,24-/m0/s1. The number of fused-ring (bicyclic) bond motifs is 1. The highest BCUT2D eigenvalue weighted by Crippen LogP contribution is 2.33. The predicted molar refractivity (Wildman–Crippen MR) is 141 cm³/mol. The molecule has 2 atom stereocenters. The van der Waals surface area contributed by atoms with Gasteiger partial charge >= 0.3 is 0 Å². The van der Waals surface area contributed by atoms with Gasteiger partial charge in [0.25, 0.3) is 0 Å². The van der Waals surface area contributed by atoms with Gasteiger partial charge < -0.3 is 9.80 Å². The highest BCUT2D eigenvalue weighted by molar-refractivity contribution is 8.26. The fraction of sp³-hybridized carbons (Fsp3) is 0.462. The van der Waals surface area contributed by atoms with Crippen molar-refractivity contribution in [3.8, 4) is 0 Å². The van der Waals surface area contributed by atoms with Crippen molar-refractivity contribution < 1.29 is 9.59 Å². The molecule has 2 amide bonds. The fourth-order valence-electron chi connectivity index (χ4n) is 4.87. The Morgan fingerprint density at radius 1 is 1.12 bits per heavy atom. The molecule has 1 unspecified atom stereocenters. The Kier molecular flexibility index (Phi) is 7.37. The first kappa shape index (κ1) is 24.1. The van der Waals surface area contributed by atoms with Gasteiger partial charge in [-0.1, -0.05) is 48.8 Å². The van der Waals surface area contributed by atoms with Crippen LogP contribution in [0.3, 0.4) is 0 Å². The Labute approximate surface area is 202 Å². The second kappa shape index (κ2) is 10.1. The molecule has 2 aliphatic heterocycles. The number of rotatable bonds is 6. The van der Waals surface area contributed by atoms with E-state index in [-0.39, 0.29) is 24.4 Å². The summed E-state index contributed by atoms with van der Waals surface area (Å²) >= 11 is 6.11. The predicted octanol–water partition coefficient (Wildman–Crippen LogP) is 4.66. The van der Waals surface area contributed by atoms with Crippen LogP contribution in [0.2, 0.25) is 5.02 Å². The molecule has 0 saturated carbocycles. The monoisotopic (exact) mass is 487 g/mol. The van der Waals surface area contributed by atoms with E-state index in [0.717, 1.165) is 54.4 Å². The van der Waals surface area contributed by atoms with Crippen LogP contribution in [-0.4, -0.2) is 65.6 Å². The second-order valence-electron chi connectivity index (χ2n) is 9.37. The lowest BCUT2D eigenvalue weighted by Crippen LogP contribution is -2.53. The zero-order chi connectivity index (χ0) is 23.6. The molecule has 0 spiro atoms. The van der Waals surface area contributed by atoms with E-state index < -0.39 is 9.39 Å². The van der Waals surface area contributed by atoms with Gasteiger partial charge in [0.1, 0.15) is 0 Å². The summed E-state index contributed by atoms with van der Waals surface area (Å²) in [6.45, 7) is 4.59. The summed E-state index contributed by atoms with van der Waals surface area (Å²) in [6, 6.07) is 11.5. The van der Waals surface area contributed by atoms with Crippen LogP contribution in [0.1, 0.15) is 39.0 Å². The summed E-state index contributed by atoms with van der Waals surface area (Å²) < 4.78 is 3.46. The van der Waals surface area contributed by atoms with Crippen molar-refractivity contribution >= 4 is 55.3 Å². The minimum Gasteiger partial charge on any atom is -0.341 e. The van der Waals surface area contributed by atoms with Crippen molar-refractivity contribution in [2.45, 2.75) is 50.0 Å². The number of amides is 2. The molecule has 178 valence electrons. The third-order valence-corrected chi connectivity index (χ3v) is 9.03. The van der Waals surface area contributed by atoms with E-state index in [1.54, 1.807) is 4.90 Å². The molecule has 2 aromatic rings. The molecule has 0 radical (unpaired) electrons. The smallest absolute Gasteiger partial charge is 0.242 e. The molecule has 0 bridgehead atoms. The lowest BCUT2D eigenvalue weighted by Gasteiger charge is -2.37. The number of carbonyl (C=O) groups is 2. The number of nitrogens with one attached hydrogen (secondary N) is 1. The van der Waals surface area contributed by atoms with Crippen molar-refractivity contribution in [3.05, 3.63) is 41.4 Å². The molecule has 2 saturated heterocycles. The van der Waals surface area contributed by atoms with Gasteiger partial charge in [0, 0.05) is 29.6 Å². The summed E-state index contributed by atoms with van der Waals surface area (Å²) in [7, 11) is -1.90. The first-order valence-corrected chi connectivity index (χ1v) is 14.1. The van der Waals surface area contributed by atoms with Crippen LogP contribution < -0.4 is 4.72 Å². The normalized spacial score (nSPS) is 22.1. The molecule has 5 nitrogen and oxygen atoms in total. The van der Waals surface area contributed by atoms with E-state index in [0.29, 0.717) is 17.5 Å². The number of likely N-dealkylation sites (tertiary alicyclic amines) is 2. The molecule has 33 heavy (non-hydrogen) atoms. The Balaban J connectivity index is 1.43. The van der Waals surface area contributed by atoms with Crippen molar-refractivity contribution in [1.82, 2.24) is 14.5 Å². The number of hydrogen-bond donors (Lipinski definition) is 1. The molecule has 2 fully saturated rings. The number of benzene rings is 2. The Hall–Kier alpha value is -2.02. The first-order valence-electron chi connectivity index (χ1n) is 11.8. The number of hydrogen-bond acceptors (Lipinski definition) is 3. The van der Waals surface area contributed by atoms with Gasteiger partial charge in [0.15, 0.2) is 0 Å². The molecule has 2 heterocycles. The summed E-state index contributed by atoms with van der Waals surface area (Å²) in [4.78, 5) is 30.8. The van der Waals surface area contributed by atoms with E-state index in [4.69, 9.17) is 11.6 Å². The number of carbonyl (C=O) groups excluding carboxylic acids is 2. The van der Waals surface area contributed by atoms with Crippen molar-refractivity contribution in [3.63, 3.8) is 0 Å². The molecule has 7 heteroatoms. The van der Waals surface area contributed by atoms with Crippen LogP contribution >= 0.6 is 21.0 Å². The summed E-state index contributed by atoms with van der Waals surface area (Å²) in [6.07, 6.45) is 4.93. The van der Waals surface area contributed by atoms with Gasteiger partial charge in [-0.25, -0.2) is 0 Å². The lowest BCUT2D eigenvalue weighted by atomic mass is 9.95. The lowest BCUT2D eigenvalue weighted by molar-refractivity contribution is -0.144. The largest absolute Gasteiger partial charge is 0.341 e. The molecule has 2 aliphatic rings. The maximum Gasteiger partial charge on any atom is 0.242 e. The SMILES string of the molecule is C=S(=C)(N[C@H]1CCCN(CC(=O)N2CCCC(CC)C2)C1=O)c1ccc2cc(Cl)ccc2c1. The van der Waals surface area contributed by atoms with Crippen LogP contribution in [0.25, 0.3) is 10.8 Å². The number of piperidine rings is 2. The Morgan fingerprint density at radius 3 is 2.64 bits per heavy atom. The highest BCUT2D eigenvalue weighted by atomic mass is 35.5. The van der Waals surface area contributed by atoms with Crippen molar-refractivity contribution in [2.24, 2.45) is 5.92 Å². The van der Waals surface area contributed by atoms with Gasteiger partial charge in [0.05, 0.1) is 12.6 Å². The average Bonchev–Trinajstić information content (AvgIpc) is 2.81. The molecule has 1 N–H and O–H groups in total. The van der Waals surface area contributed by atoms with Crippen molar-refractivity contribution in [1.29, 1.82) is 0 Å². The first-order chi connectivity index (χ1) is 15.8. The Morgan fingerprint density at radius 2 is 1.85 bits per heavy atom. The fourth-order valence-corrected chi connectivity index (χ4v) is 6.63. The highest BCUT2D eigenvalue weighted by Gasteiger charge is 2.32. The maximum atomic E-state index is 13.3.